The topological polar surface area (TPSA) is 62.8 Å². The van der Waals surface area contributed by atoms with Gasteiger partial charge >= 0.3 is 0 Å². The zero-order valence-corrected chi connectivity index (χ0v) is 10.0. The van der Waals surface area contributed by atoms with Crippen molar-refractivity contribution >= 4 is 17.0 Å². The normalized spacial score (nSPS) is 24.4. The zero-order valence-electron chi connectivity index (χ0n) is 10.0. The average Bonchev–Trinajstić information content (AvgIpc) is 2.93. The summed E-state index contributed by atoms with van der Waals surface area (Å²) in [6.07, 6.45) is 1.35. The van der Waals surface area contributed by atoms with Gasteiger partial charge in [0, 0.05) is 13.0 Å². The van der Waals surface area contributed by atoms with E-state index >= 15 is 0 Å². The second-order valence-electron chi connectivity index (χ2n) is 4.52. The Labute approximate surface area is 99.6 Å². The van der Waals surface area contributed by atoms with Crippen molar-refractivity contribution in [1.82, 2.24) is 15.0 Å². The number of fused-ring (bicyclic) bond motifs is 1. The van der Waals surface area contributed by atoms with Gasteiger partial charge in [-0.3, -0.25) is 0 Å². The van der Waals surface area contributed by atoms with E-state index in [0.29, 0.717) is 12.0 Å². The van der Waals surface area contributed by atoms with Crippen molar-refractivity contribution in [3.8, 4) is 0 Å². The van der Waals surface area contributed by atoms with Gasteiger partial charge < -0.3 is 15.0 Å². The van der Waals surface area contributed by atoms with Gasteiger partial charge in [-0.2, -0.15) is 0 Å². The van der Waals surface area contributed by atoms with Crippen molar-refractivity contribution in [2.75, 3.05) is 19.0 Å². The Hall–Kier alpha value is -1.62. The van der Waals surface area contributed by atoms with Crippen molar-refractivity contribution in [3.63, 3.8) is 0 Å². The number of imidazole rings is 1. The Kier molecular flexibility index (Phi) is 2.48. The molecule has 2 aromatic rings. The molecular weight excluding hydrogens is 216 g/mol. The number of aromatic amines is 1. The van der Waals surface area contributed by atoms with Crippen LogP contribution in [0.15, 0.2) is 12.1 Å². The predicted molar refractivity (Wildman–Crippen MR) is 66.2 cm³/mol. The molecule has 5 nitrogen and oxygen atoms in total. The summed E-state index contributed by atoms with van der Waals surface area (Å²) in [6.45, 7) is 2.85. The van der Waals surface area contributed by atoms with E-state index in [1.165, 1.54) is 0 Å². The number of rotatable bonds is 2. The minimum Gasteiger partial charge on any atom is -0.378 e. The minimum atomic E-state index is 0.328. The molecule has 1 aliphatic heterocycles. The van der Waals surface area contributed by atoms with Gasteiger partial charge in [-0.15, -0.1) is 0 Å². The lowest BCUT2D eigenvalue weighted by molar-refractivity contribution is 0.123. The van der Waals surface area contributed by atoms with Crippen molar-refractivity contribution in [2.24, 2.45) is 0 Å². The summed E-state index contributed by atoms with van der Waals surface area (Å²) >= 11 is 0. The number of H-pyrrole nitrogens is 1. The third-order valence-electron chi connectivity index (χ3n) is 3.21. The van der Waals surface area contributed by atoms with Crippen LogP contribution in [-0.2, 0) is 4.74 Å². The Morgan fingerprint density at radius 1 is 1.41 bits per heavy atom. The molecule has 3 rings (SSSR count). The third-order valence-corrected chi connectivity index (χ3v) is 3.21. The Balaban J connectivity index is 1.96. The van der Waals surface area contributed by atoms with Gasteiger partial charge in [-0.25, -0.2) is 9.97 Å². The number of hydrogen-bond donors (Lipinski definition) is 2. The molecule has 0 saturated carbocycles. The average molecular weight is 232 g/mol. The monoisotopic (exact) mass is 232 g/mol. The van der Waals surface area contributed by atoms with E-state index in [1.807, 2.05) is 19.2 Å². The van der Waals surface area contributed by atoms with E-state index in [2.05, 4.69) is 27.2 Å². The molecule has 1 fully saturated rings. The van der Waals surface area contributed by atoms with E-state index in [4.69, 9.17) is 4.74 Å². The molecule has 90 valence electrons. The molecule has 3 heterocycles. The first kappa shape index (κ1) is 10.5. The first-order valence-corrected chi connectivity index (χ1v) is 5.92. The third kappa shape index (κ3) is 1.86. The predicted octanol–water partition coefficient (Wildman–Crippen LogP) is 1.89. The summed E-state index contributed by atoms with van der Waals surface area (Å²) in [5, 5.41) is 3.02. The van der Waals surface area contributed by atoms with Crippen LogP contribution in [0.2, 0.25) is 0 Å². The Bertz CT molecular complexity index is 536. The number of ether oxygens (including phenoxy) is 1. The molecule has 2 atom stereocenters. The summed E-state index contributed by atoms with van der Waals surface area (Å²) < 4.78 is 5.57. The van der Waals surface area contributed by atoms with E-state index < -0.39 is 0 Å². The first-order valence-electron chi connectivity index (χ1n) is 5.92. The molecule has 5 heteroatoms. The maximum absolute atomic E-state index is 5.57. The van der Waals surface area contributed by atoms with Gasteiger partial charge in [0.15, 0.2) is 5.65 Å². The number of anilines is 1. The molecular formula is C12H16N4O. The molecule has 0 spiro atoms. The lowest BCUT2D eigenvalue weighted by Gasteiger charge is -2.01. The van der Waals surface area contributed by atoms with Crippen LogP contribution in [0.25, 0.3) is 11.2 Å². The molecule has 0 radical (unpaired) electrons. The lowest BCUT2D eigenvalue weighted by atomic mass is 10.1. The summed E-state index contributed by atoms with van der Waals surface area (Å²) in [5.41, 5.74) is 1.75. The Morgan fingerprint density at radius 3 is 3.00 bits per heavy atom. The fourth-order valence-corrected chi connectivity index (χ4v) is 2.25. The van der Waals surface area contributed by atoms with Crippen molar-refractivity contribution < 1.29 is 4.74 Å². The highest BCUT2D eigenvalue weighted by Crippen LogP contribution is 2.28. The second-order valence-corrected chi connectivity index (χ2v) is 4.52. The molecule has 1 saturated heterocycles. The standard InChI is InChI=1S/C12H16N4O/c1-7-5-8(6-17-7)11-14-9-3-4-10(13-2)15-12(9)16-11/h3-4,7-8H,5-6H2,1-2H3,(H2,13,14,15,16). The lowest BCUT2D eigenvalue weighted by Crippen LogP contribution is -2.00. The van der Waals surface area contributed by atoms with Crippen molar-refractivity contribution in [2.45, 2.75) is 25.4 Å². The Morgan fingerprint density at radius 2 is 2.29 bits per heavy atom. The molecule has 1 aliphatic rings. The van der Waals surface area contributed by atoms with Gasteiger partial charge in [0.1, 0.15) is 11.6 Å². The summed E-state index contributed by atoms with van der Waals surface area (Å²) in [7, 11) is 1.86. The minimum absolute atomic E-state index is 0.328. The zero-order chi connectivity index (χ0) is 11.8. The van der Waals surface area contributed by atoms with Crippen LogP contribution in [-0.4, -0.2) is 34.7 Å². The van der Waals surface area contributed by atoms with Crippen molar-refractivity contribution in [1.29, 1.82) is 0 Å². The fourth-order valence-electron chi connectivity index (χ4n) is 2.25. The van der Waals surface area contributed by atoms with Gasteiger partial charge in [-0.05, 0) is 25.5 Å². The molecule has 17 heavy (non-hydrogen) atoms. The van der Waals surface area contributed by atoms with Gasteiger partial charge in [-0.1, -0.05) is 0 Å². The largest absolute Gasteiger partial charge is 0.378 e. The first-order chi connectivity index (χ1) is 8.26. The second kappa shape index (κ2) is 4.00. The molecule has 0 aromatic carbocycles. The van der Waals surface area contributed by atoms with E-state index in [0.717, 1.165) is 35.8 Å². The summed E-state index contributed by atoms with van der Waals surface area (Å²) in [4.78, 5) is 12.3. The van der Waals surface area contributed by atoms with Gasteiger partial charge in [0.2, 0.25) is 0 Å². The number of nitrogens with one attached hydrogen (secondary N) is 2. The van der Waals surface area contributed by atoms with Crippen LogP contribution >= 0.6 is 0 Å². The SMILES string of the molecule is CNc1ccc2[nH]c(C3COC(C)C3)nc2n1. The van der Waals surface area contributed by atoms with E-state index in [-0.39, 0.29) is 0 Å². The van der Waals surface area contributed by atoms with Crippen LogP contribution in [0.1, 0.15) is 25.1 Å². The summed E-state index contributed by atoms with van der Waals surface area (Å²) in [5.74, 6) is 2.20. The maximum atomic E-state index is 5.57. The fraction of sp³-hybridized carbons (Fsp3) is 0.500. The number of aromatic nitrogens is 3. The highest BCUT2D eigenvalue weighted by molar-refractivity contribution is 5.73. The number of hydrogen-bond acceptors (Lipinski definition) is 4. The molecule has 0 bridgehead atoms. The van der Waals surface area contributed by atoms with Crippen molar-refractivity contribution in [3.05, 3.63) is 18.0 Å². The van der Waals surface area contributed by atoms with Gasteiger partial charge in [0.05, 0.1) is 18.2 Å². The molecule has 2 N–H and O–H groups in total. The van der Waals surface area contributed by atoms with Crippen LogP contribution < -0.4 is 5.32 Å². The number of nitrogens with zero attached hydrogens (tertiary/aromatic N) is 2. The van der Waals surface area contributed by atoms with Crippen LogP contribution in [0, 0.1) is 0 Å². The molecule has 2 aromatic heterocycles. The molecule has 2 unspecified atom stereocenters. The van der Waals surface area contributed by atoms with E-state index in [9.17, 15) is 0 Å². The maximum Gasteiger partial charge on any atom is 0.179 e. The molecule has 0 amide bonds. The summed E-state index contributed by atoms with van der Waals surface area (Å²) in [6, 6.07) is 3.95. The van der Waals surface area contributed by atoms with Crippen LogP contribution in [0.3, 0.4) is 0 Å². The smallest absolute Gasteiger partial charge is 0.179 e. The van der Waals surface area contributed by atoms with Crippen LogP contribution in [0.4, 0.5) is 5.82 Å². The van der Waals surface area contributed by atoms with Crippen LogP contribution in [0.5, 0.6) is 0 Å². The highest BCUT2D eigenvalue weighted by Gasteiger charge is 2.26. The molecule has 0 aliphatic carbocycles. The quantitative estimate of drug-likeness (QED) is 0.830. The van der Waals surface area contributed by atoms with E-state index in [1.54, 1.807) is 0 Å². The highest BCUT2D eigenvalue weighted by atomic mass is 16.5. The van der Waals surface area contributed by atoms with Gasteiger partial charge in [0.25, 0.3) is 0 Å². The number of pyridine rings is 1.